The van der Waals surface area contributed by atoms with Gasteiger partial charge in [0.05, 0.1) is 0 Å². The van der Waals surface area contributed by atoms with E-state index in [0.29, 0.717) is 0 Å². The number of anilines is 1. The number of carbonyl (C=O) groups excluding carboxylic acids is 1. The first-order valence-electron chi connectivity index (χ1n) is 6.52. The lowest BCUT2D eigenvalue weighted by molar-refractivity contribution is 0.0985. The Labute approximate surface area is 108 Å². The normalized spacial score (nSPS) is 21.4. The third kappa shape index (κ3) is 4.24. The molecule has 1 aliphatic carbocycles. The van der Waals surface area contributed by atoms with Crippen LogP contribution in [0.25, 0.3) is 0 Å². The molecule has 2 rings (SSSR count). The standard InChI is InChI=1S/C15H19NO2/c17-15(16-13-9-5-4-6-10-13)18-14-11-7-2-1-3-8-12-14/h1-2,4-6,9-10,14H,3,7-8,11-12H2,(H,16,17)/b2-1+/t14-/m0/s1. The quantitative estimate of drug-likeness (QED) is 0.796. The molecule has 1 aliphatic rings. The van der Waals surface area contributed by atoms with E-state index in [1.54, 1.807) is 0 Å². The SMILES string of the molecule is O=C(Nc1ccccc1)O[C@H]1CC/C=C/CCC1. The highest BCUT2D eigenvalue weighted by Gasteiger charge is 2.14. The van der Waals surface area contributed by atoms with Crippen LogP contribution in [-0.4, -0.2) is 12.2 Å². The average molecular weight is 245 g/mol. The Morgan fingerprint density at radius 3 is 2.72 bits per heavy atom. The first kappa shape index (κ1) is 12.7. The molecule has 0 unspecified atom stereocenters. The Morgan fingerprint density at radius 2 is 1.89 bits per heavy atom. The molecule has 0 heterocycles. The van der Waals surface area contributed by atoms with Gasteiger partial charge in [-0.3, -0.25) is 5.32 Å². The van der Waals surface area contributed by atoms with Crippen LogP contribution in [0.1, 0.15) is 32.1 Å². The molecule has 0 aliphatic heterocycles. The third-order valence-electron chi connectivity index (χ3n) is 3.01. The summed E-state index contributed by atoms with van der Waals surface area (Å²) in [5.74, 6) is 0. The van der Waals surface area contributed by atoms with E-state index in [2.05, 4.69) is 17.5 Å². The molecule has 96 valence electrons. The van der Waals surface area contributed by atoms with Gasteiger partial charge in [-0.25, -0.2) is 4.79 Å². The number of para-hydroxylation sites is 1. The molecule has 0 fully saturated rings. The fourth-order valence-electron chi connectivity index (χ4n) is 2.06. The zero-order valence-electron chi connectivity index (χ0n) is 10.5. The van der Waals surface area contributed by atoms with Crippen molar-refractivity contribution >= 4 is 11.8 Å². The molecule has 3 nitrogen and oxygen atoms in total. The highest BCUT2D eigenvalue weighted by Crippen LogP contribution is 2.16. The molecule has 0 bridgehead atoms. The van der Waals surface area contributed by atoms with Gasteiger partial charge >= 0.3 is 6.09 Å². The summed E-state index contributed by atoms with van der Waals surface area (Å²) in [5, 5.41) is 2.75. The van der Waals surface area contributed by atoms with E-state index >= 15 is 0 Å². The van der Waals surface area contributed by atoms with Gasteiger partial charge in [0.15, 0.2) is 0 Å². The van der Waals surface area contributed by atoms with Crippen LogP contribution in [0, 0.1) is 0 Å². The van der Waals surface area contributed by atoms with Crippen LogP contribution in [0.4, 0.5) is 10.5 Å². The van der Waals surface area contributed by atoms with Gasteiger partial charge in [0, 0.05) is 5.69 Å². The van der Waals surface area contributed by atoms with Crippen LogP contribution in [0.15, 0.2) is 42.5 Å². The second-order valence-corrected chi connectivity index (χ2v) is 4.50. The Hall–Kier alpha value is -1.77. The van der Waals surface area contributed by atoms with Crippen molar-refractivity contribution < 1.29 is 9.53 Å². The lowest BCUT2D eigenvalue weighted by atomic mass is 10.0. The van der Waals surface area contributed by atoms with Crippen LogP contribution < -0.4 is 5.32 Å². The second-order valence-electron chi connectivity index (χ2n) is 4.50. The summed E-state index contributed by atoms with van der Waals surface area (Å²) >= 11 is 0. The lowest BCUT2D eigenvalue weighted by Crippen LogP contribution is -2.22. The summed E-state index contributed by atoms with van der Waals surface area (Å²) in [6.07, 6.45) is 9.09. The first-order valence-corrected chi connectivity index (χ1v) is 6.52. The monoisotopic (exact) mass is 245 g/mol. The molecule has 0 spiro atoms. The molecule has 0 saturated heterocycles. The summed E-state index contributed by atoms with van der Waals surface area (Å²) in [6, 6.07) is 9.38. The molecule has 1 amide bonds. The number of ether oxygens (including phenoxy) is 1. The fraction of sp³-hybridized carbons (Fsp3) is 0.400. The molecular formula is C15H19NO2. The maximum Gasteiger partial charge on any atom is 0.411 e. The van der Waals surface area contributed by atoms with Crippen LogP contribution >= 0.6 is 0 Å². The zero-order valence-corrected chi connectivity index (χ0v) is 10.5. The Morgan fingerprint density at radius 1 is 1.11 bits per heavy atom. The van der Waals surface area contributed by atoms with E-state index in [1.165, 1.54) is 0 Å². The van der Waals surface area contributed by atoms with Gasteiger partial charge in [-0.15, -0.1) is 0 Å². The minimum atomic E-state index is -0.351. The van der Waals surface area contributed by atoms with Crippen molar-refractivity contribution in [1.29, 1.82) is 0 Å². The zero-order chi connectivity index (χ0) is 12.6. The van der Waals surface area contributed by atoms with Gasteiger partial charge in [0.1, 0.15) is 6.10 Å². The predicted molar refractivity (Wildman–Crippen MR) is 72.6 cm³/mol. The van der Waals surface area contributed by atoms with Gasteiger partial charge in [0.25, 0.3) is 0 Å². The Kier molecular flexibility index (Phi) is 4.82. The number of hydrogen-bond acceptors (Lipinski definition) is 2. The maximum absolute atomic E-state index is 11.7. The van der Waals surface area contributed by atoms with Crippen LogP contribution in [0.5, 0.6) is 0 Å². The number of rotatable bonds is 2. The topological polar surface area (TPSA) is 38.3 Å². The minimum absolute atomic E-state index is 0.0404. The molecule has 1 N–H and O–H groups in total. The number of carbonyl (C=O) groups is 1. The molecular weight excluding hydrogens is 226 g/mol. The highest BCUT2D eigenvalue weighted by molar-refractivity contribution is 5.84. The number of allylic oxidation sites excluding steroid dienone is 2. The van der Waals surface area contributed by atoms with E-state index in [9.17, 15) is 4.79 Å². The van der Waals surface area contributed by atoms with E-state index in [4.69, 9.17) is 4.74 Å². The molecule has 0 aromatic heterocycles. The maximum atomic E-state index is 11.7. The minimum Gasteiger partial charge on any atom is -0.446 e. The van der Waals surface area contributed by atoms with E-state index in [1.807, 2.05) is 30.3 Å². The predicted octanol–water partition coefficient (Wildman–Crippen LogP) is 4.12. The van der Waals surface area contributed by atoms with Crippen molar-refractivity contribution in [2.24, 2.45) is 0 Å². The van der Waals surface area contributed by atoms with Gasteiger partial charge < -0.3 is 4.74 Å². The number of benzene rings is 1. The van der Waals surface area contributed by atoms with Crippen molar-refractivity contribution in [2.45, 2.75) is 38.2 Å². The van der Waals surface area contributed by atoms with Crippen molar-refractivity contribution in [3.63, 3.8) is 0 Å². The fourth-order valence-corrected chi connectivity index (χ4v) is 2.06. The van der Waals surface area contributed by atoms with E-state index in [-0.39, 0.29) is 12.2 Å². The lowest BCUT2D eigenvalue weighted by Gasteiger charge is -2.18. The Balaban J connectivity index is 1.81. The molecule has 0 radical (unpaired) electrons. The number of amides is 1. The van der Waals surface area contributed by atoms with Gasteiger partial charge in [0.2, 0.25) is 0 Å². The van der Waals surface area contributed by atoms with E-state index in [0.717, 1.165) is 37.8 Å². The molecule has 1 aromatic carbocycles. The van der Waals surface area contributed by atoms with E-state index < -0.39 is 0 Å². The second kappa shape index (κ2) is 6.84. The third-order valence-corrected chi connectivity index (χ3v) is 3.01. The summed E-state index contributed by atoms with van der Waals surface area (Å²) in [4.78, 5) is 11.7. The van der Waals surface area contributed by atoms with Crippen molar-refractivity contribution in [1.82, 2.24) is 0 Å². The van der Waals surface area contributed by atoms with Gasteiger partial charge in [-0.1, -0.05) is 30.4 Å². The van der Waals surface area contributed by atoms with Crippen LogP contribution in [0.2, 0.25) is 0 Å². The molecule has 1 aromatic rings. The first-order chi connectivity index (χ1) is 8.84. The summed E-state index contributed by atoms with van der Waals surface area (Å²) < 4.78 is 5.45. The summed E-state index contributed by atoms with van der Waals surface area (Å²) in [5.41, 5.74) is 0.772. The molecule has 3 heteroatoms. The smallest absolute Gasteiger partial charge is 0.411 e. The molecule has 0 saturated carbocycles. The van der Waals surface area contributed by atoms with Gasteiger partial charge in [-0.05, 0) is 44.2 Å². The van der Waals surface area contributed by atoms with Crippen LogP contribution in [0.3, 0.4) is 0 Å². The average Bonchev–Trinajstić information content (AvgIpc) is 2.34. The summed E-state index contributed by atoms with van der Waals surface area (Å²) in [7, 11) is 0. The van der Waals surface area contributed by atoms with Crippen molar-refractivity contribution in [2.75, 3.05) is 5.32 Å². The highest BCUT2D eigenvalue weighted by atomic mass is 16.6. The van der Waals surface area contributed by atoms with Crippen molar-refractivity contribution in [3.8, 4) is 0 Å². The summed E-state index contributed by atoms with van der Waals surface area (Å²) in [6.45, 7) is 0. The van der Waals surface area contributed by atoms with Crippen molar-refractivity contribution in [3.05, 3.63) is 42.5 Å². The Bertz CT molecular complexity index is 400. The number of hydrogen-bond donors (Lipinski definition) is 1. The van der Waals surface area contributed by atoms with Crippen LogP contribution in [-0.2, 0) is 4.74 Å². The largest absolute Gasteiger partial charge is 0.446 e. The molecule has 1 atom stereocenters. The number of nitrogens with one attached hydrogen (secondary N) is 1. The molecule has 18 heavy (non-hydrogen) atoms. The van der Waals surface area contributed by atoms with Gasteiger partial charge in [-0.2, -0.15) is 0 Å².